The van der Waals surface area contributed by atoms with Gasteiger partial charge in [-0.25, -0.2) is 0 Å². The van der Waals surface area contributed by atoms with Gasteiger partial charge in [0.1, 0.15) is 0 Å². The van der Waals surface area contributed by atoms with Gasteiger partial charge in [-0.3, -0.25) is 4.90 Å². The van der Waals surface area contributed by atoms with Crippen molar-refractivity contribution in [2.45, 2.75) is 52.6 Å². The minimum absolute atomic E-state index is 0.667. The summed E-state index contributed by atoms with van der Waals surface area (Å²) >= 11 is 0. The van der Waals surface area contributed by atoms with E-state index >= 15 is 0 Å². The minimum atomic E-state index is 0.667. The average molecular weight is 242 g/mol. The SMILES string of the molecule is CCOCCCN1CC(CC(C)C)NCC1C. The summed E-state index contributed by atoms with van der Waals surface area (Å²) in [5.74, 6) is 0.784. The van der Waals surface area contributed by atoms with Crippen LogP contribution in [0, 0.1) is 5.92 Å². The first-order valence-corrected chi connectivity index (χ1v) is 7.18. The number of hydrogen-bond donors (Lipinski definition) is 1. The van der Waals surface area contributed by atoms with E-state index in [1.165, 1.54) is 19.5 Å². The third-order valence-corrected chi connectivity index (χ3v) is 3.47. The Kier molecular flexibility index (Phi) is 7.09. The minimum Gasteiger partial charge on any atom is -0.382 e. The molecule has 2 unspecified atom stereocenters. The van der Waals surface area contributed by atoms with Crippen LogP contribution in [0.3, 0.4) is 0 Å². The van der Waals surface area contributed by atoms with Gasteiger partial charge in [-0.15, -0.1) is 0 Å². The van der Waals surface area contributed by atoms with Crippen LogP contribution in [0.4, 0.5) is 0 Å². The van der Waals surface area contributed by atoms with Gasteiger partial charge in [0.15, 0.2) is 0 Å². The summed E-state index contributed by atoms with van der Waals surface area (Å²) in [4.78, 5) is 2.61. The van der Waals surface area contributed by atoms with Crippen LogP contribution in [0.5, 0.6) is 0 Å². The van der Waals surface area contributed by atoms with Crippen molar-refractivity contribution in [2.75, 3.05) is 32.8 Å². The highest BCUT2D eigenvalue weighted by molar-refractivity contribution is 4.84. The summed E-state index contributed by atoms with van der Waals surface area (Å²) in [5.41, 5.74) is 0. The first kappa shape index (κ1) is 14.9. The zero-order valence-corrected chi connectivity index (χ0v) is 12.0. The van der Waals surface area contributed by atoms with E-state index in [4.69, 9.17) is 4.74 Å². The number of hydrogen-bond acceptors (Lipinski definition) is 3. The number of rotatable bonds is 7. The third kappa shape index (κ3) is 5.84. The van der Waals surface area contributed by atoms with E-state index in [-0.39, 0.29) is 0 Å². The number of piperazine rings is 1. The fraction of sp³-hybridized carbons (Fsp3) is 1.00. The van der Waals surface area contributed by atoms with E-state index in [1.807, 2.05) is 0 Å². The molecule has 0 radical (unpaired) electrons. The van der Waals surface area contributed by atoms with Gasteiger partial charge in [-0.05, 0) is 32.6 Å². The summed E-state index contributed by atoms with van der Waals surface area (Å²) in [5, 5.41) is 3.66. The zero-order valence-electron chi connectivity index (χ0n) is 12.0. The zero-order chi connectivity index (χ0) is 12.7. The summed E-state index contributed by atoms with van der Waals surface area (Å²) in [6.45, 7) is 14.2. The van der Waals surface area contributed by atoms with Crippen LogP contribution in [0.1, 0.15) is 40.5 Å². The first-order valence-electron chi connectivity index (χ1n) is 7.18. The van der Waals surface area contributed by atoms with E-state index in [1.54, 1.807) is 0 Å². The molecule has 0 aromatic heterocycles. The molecule has 0 spiro atoms. The molecule has 0 amide bonds. The van der Waals surface area contributed by atoms with Gasteiger partial charge in [-0.1, -0.05) is 13.8 Å². The standard InChI is InChI=1S/C14H30N2O/c1-5-17-8-6-7-16-11-14(9-12(2)3)15-10-13(16)4/h12-15H,5-11H2,1-4H3. The van der Waals surface area contributed by atoms with Crippen molar-refractivity contribution in [1.29, 1.82) is 0 Å². The Hall–Kier alpha value is -0.120. The molecule has 1 fully saturated rings. The van der Waals surface area contributed by atoms with Crippen molar-refractivity contribution in [3.8, 4) is 0 Å². The molecule has 0 aliphatic carbocycles. The highest BCUT2D eigenvalue weighted by Gasteiger charge is 2.24. The van der Waals surface area contributed by atoms with Gasteiger partial charge in [0.2, 0.25) is 0 Å². The lowest BCUT2D eigenvalue weighted by Crippen LogP contribution is -2.55. The number of nitrogens with zero attached hydrogens (tertiary/aromatic N) is 1. The van der Waals surface area contributed by atoms with E-state index in [2.05, 4.69) is 37.9 Å². The molecule has 1 aliphatic rings. The summed E-state index contributed by atoms with van der Waals surface area (Å²) in [7, 11) is 0. The molecule has 17 heavy (non-hydrogen) atoms. The molecule has 0 saturated carbocycles. The van der Waals surface area contributed by atoms with E-state index in [9.17, 15) is 0 Å². The molecular weight excluding hydrogens is 212 g/mol. The van der Waals surface area contributed by atoms with Crippen LogP contribution in [-0.4, -0.2) is 49.8 Å². The van der Waals surface area contributed by atoms with Crippen LogP contribution in [0.15, 0.2) is 0 Å². The normalized spacial score (nSPS) is 26.6. The Morgan fingerprint density at radius 3 is 2.82 bits per heavy atom. The number of nitrogens with one attached hydrogen (secondary N) is 1. The fourth-order valence-corrected chi connectivity index (χ4v) is 2.55. The van der Waals surface area contributed by atoms with Crippen molar-refractivity contribution in [2.24, 2.45) is 5.92 Å². The second-order valence-corrected chi connectivity index (χ2v) is 5.63. The third-order valence-electron chi connectivity index (χ3n) is 3.47. The Morgan fingerprint density at radius 1 is 1.41 bits per heavy atom. The molecule has 1 rings (SSSR count). The number of ether oxygens (including phenoxy) is 1. The molecule has 0 aromatic rings. The second kappa shape index (κ2) is 8.06. The lowest BCUT2D eigenvalue weighted by Gasteiger charge is -2.39. The molecule has 1 heterocycles. The molecule has 1 N–H and O–H groups in total. The van der Waals surface area contributed by atoms with E-state index in [0.29, 0.717) is 12.1 Å². The molecule has 1 saturated heterocycles. The van der Waals surface area contributed by atoms with Crippen LogP contribution < -0.4 is 5.32 Å². The van der Waals surface area contributed by atoms with Crippen LogP contribution in [-0.2, 0) is 4.74 Å². The lowest BCUT2D eigenvalue weighted by atomic mass is 10.00. The van der Waals surface area contributed by atoms with Gasteiger partial charge < -0.3 is 10.1 Å². The summed E-state index contributed by atoms with van der Waals surface area (Å²) in [6.07, 6.45) is 2.45. The predicted octanol–water partition coefficient (Wildman–Crippen LogP) is 2.12. The van der Waals surface area contributed by atoms with Gasteiger partial charge in [0, 0.05) is 44.9 Å². The summed E-state index contributed by atoms with van der Waals surface area (Å²) in [6, 6.07) is 1.35. The Morgan fingerprint density at radius 2 is 2.18 bits per heavy atom. The maximum atomic E-state index is 5.41. The Bertz CT molecular complexity index is 197. The highest BCUT2D eigenvalue weighted by atomic mass is 16.5. The van der Waals surface area contributed by atoms with E-state index in [0.717, 1.165) is 32.1 Å². The predicted molar refractivity (Wildman–Crippen MR) is 73.4 cm³/mol. The van der Waals surface area contributed by atoms with E-state index < -0.39 is 0 Å². The monoisotopic (exact) mass is 242 g/mol. The molecule has 3 heteroatoms. The molecule has 102 valence electrons. The van der Waals surface area contributed by atoms with Crippen LogP contribution in [0.2, 0.25) is 0 Å². The van der Waals surface area contributed by atoms with Gasteiger partial charge in [0.25, 0.3) is 0 Å². The molecule has 1 aliphatic heterocycles. The Labute approximate surface area is 107 Å². The van der Waals surface area contributed by atoms with Gasteiger partial charge in [0.05, 0.1) is 0 Å². The molecular formula is C14H30N2O. The maximum Gasteiger partial charge on any atom is 0.0478 e. The molecule has 0 bridgehead atoms. The average Bonchev–Trinajstić information content (AvgIpc) is 2.28. The maximum absolute atomic E-state index is 5.41. The van der Waals surface area contributed by atoms with Crippen molar-refractivity contribution in [3.05, 3.63) is 0 Å². The molecule has 2 atom stereocenters. The first-order chi connectivity index (χ1) is 8.13. The van der Waals surface area contributed by atoms with Crippen molar-refractivity contribution in [1.82, 2.24) is 10.2 Å². The topological polar surface area (TPSA) is 24.5 Å². The quantitative estimate of drug-likeness (QED) is 0.692. The molecule has 0 aromatic carbocycles. The highest BCUT2D eigenvalue weighted by Crippen LogP contribution is 2.13. The smallest absolute Gasteiger partial charge is 0.0478 e. The van der Waals surface area contributed by atoms with Gasteiger partial charge >= 0.3 is 0 Å². The lowest BCUT2D eigenvalue weighted by molar-refractivity contribution is 0.0991. The van der Waals surface area contributed by atoms with Crippen molar-refractivity contribution >= 4 is 0 Å². The summed E-state index contributed by atoms with van der Waals surface area (Å²) < 4.78 is 5.41. The van der Waals surface area contributed by atoms with Crippen LogP contribution in [0.25, 0.3) is 0 Å². The van der Waals surface area contributed by atoms with Crippen molar-refractivity contribution in [3.63, 3.8) is 0 Å². The Balaban J connectivity index is 2.25. The van der Waals surface area contributed by atoms with Crippen molar-refractivity contribution < 1.29 is 4.74 Å². The fourth-order valence-electron chi connectivity index (χ4n) is 2.55. The van der Waals surface area contributed by atoms with Crippen LogP contribution >= 0.6 is 0 Å². The largest absolute Gasteiger partial charge is 0.382 e. The molecule has 3 nitrogen and oxygen atoms in total. The second-order valence-electron chi connectivity index (χ2n) is 5.63. The van der Waals surface area contributed by atoms with Gasteiger partial charge in [-0.2, -0.15) is 0 Å².